The second kappa shape index (κ2) is 11.5. The van der Waals surface area contributed by atoms with E-state index >= 15 is 0 Å². The zero-order valence-corrected chi connectivity index (χ0v) is 23.2. The Morgan fingerprint density at radius 2 is 0.810 bits per heavy atom. The number of nitrogens with one attached hydrogen (secondary N) is 2. The summed E-state index contributed by atoms with van der Waals surface area (Å²) in [5, 5.41) is 9.79. The van der Waals surface area contributed by atoms with Crippen molar-refractivity contribution in [2.45, 2.75) is 0 Å². The van der Waals surface area contributed by atoms with Gasteiger partial charge in [0.2, 0.25) is 0 Å². The van der Waals surface area contributed by atoms with Crippen molar-refractivity contribution in [3.05, 3.63) is 170 Å². The Hall–Kier alpha value is -5.60. The molecule has 7 aromatic carbocycles. The van der Waals surface area contributed by atoms with Gasteiger partial charge >= 0.3 is 0 Å². The van der Waals surface area contributed by atoms with E-state index in [0.29, 0.717) is 0 Å². The maximum Gasteiger partial charge on any atom is 0.0465 e. The molecule has 2 nitrogen and oxygen atoms in total. The zero-order chi connectivity index (χ0) is 28.1. The van der Waals surface area contributed by atoms with E-state index < -0.39 is 0 Å². The Morgan fingerprint density at radius 1 is 0.310 bits per heavy atom. The van der Waals surface area contributed by atoms with Gasteiger partial charge in [-0.2, -0.15) is 0 Å². The molecule has 0 bridgehead atoms. The molecule has 0 fully saturated rings. The predicted molar refractivity (Wildman–Crippen MR) is 180 cm³/mol. The topological polar surface area (TPSA) is 24.1 Å². The highest BCUT2D eigenvalue weighted by molar-refractivity contribution is 6.01. The second-order valence-electron chi connectivity index (χ2n) is 10.4. The highest BCUT2D eigenvalue weighted by Crippen LogP contribution is 2.38. The first-order valence-corrected chi connectivity index (χ1v) is 14.3. The van der Waals surface area contributed by atoms with Gasteiger partial charge < -0.3 is 10.6 Å². The van der Waals surface area contributed by atoms with Gasteiger partial charge in [-0.3, -0.25) is 0 Å². The standard InChI is InChI=1S/C40H30N2/c1-3-10-29(11-4-1)31-18-22-34(23-19-31)41-36-26-27-40(39(28-36)38-17-9-15-33-14-7-8-16-37(33)38)42-35-24-20-32(21-25-35)30-12-5-2-6-13-30/h1-28,41-42H. The third-order valence-corrected chi connectivity index (χ3v) is 7.65. The van der Waals surface area contributed by atoms with Gasteiger partial charge in [0.25, 0.3) is 0 Å². The molecule has 0 saturated heterocycles. The Balaban J connectivity index is 1.23. The van der Waals surface area contributed by atoms with Crippen LogP contribution in [0.5, 0.6) is 0 Å². The van der Waals surface area contributed by atoms with Crippen molar-refractivity contribution in [1.29, 1.82) is 0 Å². The molecule has 0 unspecified atom stereocenters. The number of fused-ring (bicyclic) bond motifs is 1. The molecule has 7 rings (SSSR count). The van der Waals surface area contributed by atoms with E-state index in [-0.39, 0.29) is 0 Å². The van der Waals surface area contributed by atoms with Crippen molar-refractivity contribution < 1.29 is 0 Å². The number of hydrogen-bond acceptors (Lipinski definition) is 2. The summed E-state index contributed by atoms with van der Waals surface area (Å²) in [4.78, 5) is 0. The molecule has 200 valence electrons. The molecule has 0 radical (unpaired) electrons. The van der Waals surface area contributed by atoms with Gasteiger partial charge in [0.05, 0.1) is 0 Å². The minimum absolute atomic E-state index is 1.04. The first-order chi connectivity index (χ1) is 20.8. The third kappa shape index (κ3) is 5.39. The summed E-state index contributed by atoms with van der Waals surface area (Å²) in [6.07, 6.45) is 0. The normalized spacial score (nSPS) is 10.9. The molecule has 2 heteroatoms. The maximum atomic E-state index is 3.70. The summed E-state index contributed by atoms with van der Waals surface area (Å²) < 4.78 is 0. The summed E-state index contributed by atoms with van der Waals surface area (Å²) >= 11 is 0. The van der Waals surface area contributed by atoms with Crippen molar-refractivity contribution in [1.82, 2.24) is 0 Å². The molecule has 0 aliphatic heterocycles. The largest absolute Gasteiger partial charge is 0.356 e. The lowest BCUT2D eigenvalue weighted by molar-refractivity contribution is 1.50. The molecule has 0 heterocycles. The lowest BCUT2D eigenvalue weighted by Crippen LogP contribution is -1.97. The van der Waals surface area contributed by atoms with Gasteiger partial charge in [-0.05, 0) is 81.1 Å². The summed E-state index contributed by atoms with van der Waals surface area (Å²) in [5.74, 6) is 0. The fraction of sp³-hybridized carbons (Fsp3) is 0. The Labute approximate surface area is 246 Å². The molecule has 0 saturated carbocycles. The highest BCUT2D eigenvalue weighted by atomic mass is 14.9. The van der Waals surface area contributed by atoms with Gasteiger partial charge in [0.15, 0.2) is 0 Å². The minimum atomic E-state index is 1.04. The second-order valence-corrected chi connectivity index (χ2v) is 10.4. The van der Waals surface area contributed by atoms with Crippen LogP contribution in [0, 0.1) is 0 Å². The van der Waals surface area contributed by atoms with Crippen LogP contribution in [0.1, 0.15) is 0 Å². The molecule has 0 aliphatic carbocycles. The lowest BCUT2D eigenvalue weighted by Gasteiger charge is -2.17. The van der Waals surface area contributed by atoms with E-state index in [1.54, 1.807) is 0 Å². The first-order valence-electron chi connectivity index (χ1n) is 14.3. The van der Waals surface area contributed by atoms with Crippen LogP contribution < -0.4 is 10.6 Å². The zero-order valence-electron chi connectivity index (χ0n) is 23.2. The molecular formula is C40H30N2. The third-order valence-electron chi connectivity index (χ3n) is 7.65. The van der Waals surface area contributed by atoms with Crippen LogP contribution in [0.15, 0.2) is 170 Å². The number of hydrogen-bond donors (Lipinski definition) is 2. The number of benzene rings is 7. The van der Waals surface area contributed by atoms with Gasteiger partial charge in [0.1, 0.15) is 0 Å². The van der Waals surface area contributed by atoms with Crippen LogP contribution in [-0.4, -0.2) is 0 Å². The number of anilines is 4. The SMILES string of the molecule is c1ccc(-c2ccc(Nc3ccc(Nc4ccc(-c5ccccc5)cc4)c(-c4cccc5ccccc45)c3)cc2)cc1. The minimum Gasteiger partial charge on any atom is -0.356 e. The van der Waals surface area contributed by atoms with E-state index in [2.05, 4.69) is 168 Å². The van der Waals surface area contributed by atoms with Crippen molar-refractivity contribution in [3.8, 4) is 33.4 Å². The average molecular weight is 539 g/mol. The Morgan fingerprint density at radius 3 is 1.45 bits per heavy atom. The van der Waals surface area contributed by atoms with Crippen molar-refractivity contribution in [3.63, 3.8) is 0 Å². The van der Waals surface area contributed by atoms with Crippen LogP contribution >= 0.6 is 0 Å². The molecular weight excluding hydrogens is 508 g/mol. The molecule has 2 N–H and O–H groups in total. The number of rotatable bonds is 7. The smallest absolute Gasteiger partial charge is 0.0465 e. The van der Waals surface area contributed by atoms with Crippen molar-refractivity contribution >= 4 is 33.5 Å². The van der Waals surface area contributed by atoms with Crippen LogP contribution in [0.4, 0.5) is 22.7 Å². The van der Waals surface area contributed by atoms with E-state index in [4.69, 9.17) is 0 Å². The van der Waals surface area contributed by atoms with Crippen LogP contribution in [0.3, 0.4) is 0 Å². The first kappa shape index (κ1) is 25.4. The summed E-state index contributed by atoms with van der Waals surface area (Å²) in [7, 11) is 0. The van der Waals surface area contributed by atoms with Crippen molar-refractivity contribution in [2.75, 3.05) is 10.6 Å². The Bertz CT molecular complexity index is 1940. The van der Waals surface area contributed by atoms with Gasteiger partial charge in [-0.1, -0.05) is 127 Å². The fourth-order valence-electron chi connectivity index (χ4n) is 5.49. The fourth-order valence-corrected chi connectivity index (χ4v) is 5.49. The van der Waals surface area contributed by atoms with Crippen LogP contribution in [0.25, 0.3) is 44.2 Å². The van der Waals surface area contributed by atoms with E-state index in [1.807, 2.05) is 12.1 Å². The summed E-state index contributed by atoms with van der Waals surface area (Å²) in [5.41, 5.74) is 11.4. The molecule has 0 amide bonds. The molecule has 0 aliphatic rings. The van der Waals surface area contributed by atoms with Gasteiger partial charge in [0, 0.05) is 28.3 Å². The summed E-state index contributed by atoms with van der Waals surface area (Å²) in [6.45, 7) is 0. The van der Waals surface area contributed by atoms with Crippen molar-refractivity contribution in [2.24, 2.45) is 0 Å². The molecule has 7 aromatic rings. The van der Waals surface area contributed by atoms with Crippen LogP contribution in [0.2, 0.25) is 0 Å². The molecule has 0 atom stereocenters. The average Bonchev–Trinajstić information content (AvgIpc) is 3.07. The molecule has 42 heavy (non-hydrogen) atoms. The quantitative estimate of drug-likeness (QED) is 0.211. The van der Waals surface area contributed by atoms with E-state index in [1.165, 1.54) is 38.6 Å². The monoisotopic (exact) mass is 538 g/mol. The maximum absolute atomic E-state index is 3.70. The van der Waals surface area contributed by atoms with Gasteiger partial charge in [-0.25, -0.2) is 0 Å². The van der Waals surface area contributed by atoms with E-state index in [0.717, 1.165) is 28.3 Å². The van der Waals surface area contributed by atoms with E-state index in [9.17, 15) is 0 Å². The Kier molecular flexibility index (Phi) is 6.94. The molecule has 0 aromatic heterocycles. The predicted octanol–water partition coefficient (Wildman–Crippen LogP) is 11.3. The lowest BCUT2D eigenvalue weighted by atomic mass is 9.96. The highest BCUT2D eigenvalue weighted by Gasteiger charge is 2.11. The van der Waals surface area contributed by atoms with Crippen LogP contribution in [-0.2, 0) is 0 Å². The van der Waals surface area contributed by atoms with Gasteiger partial charge in [-0.15, -0.1) is 0 Å². The molecule has 0 spiro atoms. The summed E-state index contributed by atoms with van der Waals surface area (Å²) in [6, 6.07) is 59.8.